The average molecular weight is 381 g/mol. The van der Waals surface area contributed by atoms with Crippen LogP contribution in [-0.2, 0) is 11.2 Å². The molecule has 1 aliphatic heterocycles. The lowest BCUT2D eigenvalue weighted by Gasteiger charge is -2.36. The molecule has 2 fully saturated rings. The Morgan fingerprint density at radius 2 is 1.93 bits per heavy atom. The number of amides is 1. The summed E-state index contributed by atoms with van der Waals surface area (Å²) in [5.74, 6) is 2.57. The molecule has 0 aromatic heterocycles. The molecule has 2 aliphatic carbocycles. The number of carbonyl (C=O) groups excluding carboxylic acids is 1. The Kier molecular flexibility index (Phi) is 6.20. The molecule has 0 radical (unpaired) electrons. The van der Waals surface area contributed by atoms with Gasteiger partial charge in [0.05, 0.1) is 0 Å². The number of hydrogen-bond donors (Lipinski definition) is 0. The highest BCUT2D eigenvalue weighted by atomic mass is 16.2. The molecule has 152 valence electrons. The second-order valence-electron chi connectivity index (χ2n) is 9.23. The van der Waals surface area contributed by atoms with E-state index in [1.165, 1.54) is 43.5 Å². The summed E-state index contributed by atoms with van der Waals surface area (Å²) in [5.41, 5.74) is 2.89. The van der Waals surface area contributed by atoms with E-state index in [9.17, 15) is 4.79 Å². The Morgan fingerprint density at radius 3 is 2.57 bits per heavy atom. The van der Waals surface area contributed by atoms with Crippen LogP contribution in [0, 0.1) is 30.6 Å². The van der Waals surface area contributed by atoms with Gasteiger partial charge in [0.2, 0.25) is 5.91 Å². The van der Waals surface area contributed by atoms with Crippen LogP contribution in [-0.4, -0.2) is 48.4 Å². The van der Waals surface area contributed by atoms with E-state index in [1.54, 1.807) is 0 Å². The van der Waals surface area contributed by atoms with E-state index in [0.29, 0.717) is 23.7 Å². The summed E-state index contributed by atoms with van der Waals surface area (Å²) >= 11 is 0. The number of rotatable bonds is 7. The standard InChI is InChI=1S/C25H36N2O/c1-3-27(25(28)24-17-21-8-9-23(24)16-21)18-20-10-13-26(14-11-20)15-12-22-7-5-4-6-19(22)2/h4-9,20-21,23-24H,3,10-18H2,1-2H3/t21-,23+,24+/m1/s1. The molecule has 28 heavy (non-hydrogen) atoms. The van der Waals surface area contributed by atoms with Gasteiger partial charge in [-0.15, -0.1) is 0 Å². The highest BCUT2D eigenvalue weighted by Crippen LogP contribution is 2.44. The Morgan fingerprint density at radius 1 is 1.14 bits per heavy atom. The number of allylic oxidation sites excluding steroid dienone is 2. The first-order chi connectivity index (χ1) is 13.6. The molecule has 3 heteroatoms. The molecule has 3 aliphatic rings. The zero-order valence-corrected chi connectivity index (χ0v) is 17.6. The summed E-state index contributed by atoms with van der Waals surface area (Å²) in [7, 11) is 0. The highest BCUT2D eigenvalue weighted by Gasteiger charge is 2.41. The summed E-state index contributed by atoms with van der Waals surface area (Å²) in [6.45, 7) is 9.72. The summed E-state index contributed by atoms with van der Waals surface area (Å²) in [5, 5.41) is 0. The average Bonchev–Trinajstić information content (AvgIpc) is 3.35. The van der Waals surface area contributed by atoms with Crippen molar-refractivity contribution in [2.24, 2.45) is 23.7 Å². The van der Waals surface area contributed by atoms with Crippen LogP contribution < -0.4 is 0 Å². The molecule has 1 aromatic rings. The van der Waals surface area contributed by atoms with Crippen molar-refractivity contribution in [2.75, 3.05) is 32.7 Å². The quantitative estimate of drug-likeness (QED) is 0.658. The largest absolute Gasteiger partial charge is 0.342 e. The first-order valence-corrected chi connectivity index (χ1v) is 11.4. The van der Waals surface area contributed by atoms with Gasteiger partial charge in [-0.2, -0.15) is 0 Å². The third-order valence-corrected chi connectivity index (χ3v) is 7.43. The molecule has 1 saturated carbocycles. The van der Waals surface area contributed by atoms with E-state index in [-0.39, 0.29) is 5.92 Å². The second kappa shape index (κ2) is 8.82. The molecule has 4 rings (SSSR count). The van der Waals surface area contributed by atoms with Gasteiger partial charge in [-0.3, -0.25) is 4.79 Å². The van der Waals surface area contributed by atoms with Gasteiger partial charge in [0.25, 0.3) is 0 Å². The van der Waals surface area contributed by atoms with Crippen LogP contribution in [0.3, 0.4) is 0 Å². The van der Waals surface area contributed by atoms with Crippen molar-refractivity contribution in [1.82, 2.24) is 9.80 Å². The molecule has 0 unspecified atom stereocenters. The zero-order valence-electron chi connectivity index (χ0n) is 17.6. The Labute approximate surface area is 170 Å². The summed E-state index contributed by atoms with van der Waals surface area (Å²) in [6, 6.07) is 8.75. The van der Waals surface area contributed by atoms with Crippen LogP contribution in [0.5, 0.6) is 0 Å². The van der Waals surface area contributed by atoms with Crippen molar-refractivity contribution < 1.29 is 4.79 Å². The predicted molar refractivity (Wildman–Crippen MR) is 115 cm³/mol. The number of nitrogens with zero attached hydrogens (tertiary/aromatic N) is 2. The smallest absolute Gasteiger partial charge is 0.226 e. The molecule has 3 atom stereocenters. The van der Waals surface area contributed by atoms with Crippen molar-refractivity contribution in [3.63, 3.8) is 0 Å². The van der Waals surface area contributed by atoms with E-state index < -0.39 is 0 Å². The van der Waals surface area contributed by atoms with E-state index >= 15 is 0 Å². The minimum atomic E-state index is 0.268. The minimum absolute atomic E-state index is 0.268. The van der Waals surface area contributed by atoms with Gasteiger partial charge in [-0.05, 0) is 87.9 Å². The van der Waals surface area contributed by atoms with Gasteiger partial charge in [-0.25, -0.2) is 0 Å². The maximum atomic E-state index is 13.1. The van der Waals surface area contributed by atoms with Crippen LogP contribution in [0.1, 0.15) is 43.7 Å². The number of likely N-dealkylation sites (tertiary alicyclic amines) is 1. The molecular weight excluding hydrogens is 344 g/mol. The van der Waals surface area contributed by atoms with Crippen LogP contribution in [0.2, 0.25) is 0 Å². The zero-order chi connectivity index (χ0) is 19.5. The fraction of sp³-hybridized carbons (Fsp3) is 0.640. The lowest BCUT2D eigenvalue weighted by molar-refractivity contribution is -0.137. The van der Waals surface area contributed by atoms with E-state index in [0.717, 1.165) is 32.5 Å². The van der Waals surface area contributed by atoms with E-state index in [4.69, 9.17) is 0 Å². The van der Waals surface area contributed by atoms with Gasteiger partial charge in [0, 0.05) is 25.6 Å². The number of hydrogen-bond acceptors (Lipinski definition) is 2. The second-order valence-corrected chi connectivity index (χ2v) is 9.23. The molecule has 2 bridgehead atoms. The molecule has 0 N–H and O–H groups in total. The topological polar surface area (TPSA) is 23.6 Å². The third-order valence-electron chi connectivity index (χ3n) is 7.43. The van der Waals surface area contributed by atoms with Crippen LogP contribution >= 0.6 is 0 Å². The molecule has 1 amide bonds. The molecule has 3 nitrogen and oxygen atoms in total. The fourth-order valence-corrected chi connectivity index (χ4v) is 5.55. The molecule has 1 heterocycles. The van der Waals surface area contributed by atoms with Crippen molar-refractivity contribution in [3.05, 3.63) is 47.5 Å². The Balaban J connectivity index is 1.22. The fourth-order valence-electron chi connectivity index (χ4n) is 5.55. The molecular formula is C25H36N2O. The van der Waals surface area contributed by atoms with Crippen molar-refractivity contribution >= 4 is 5.91 Å². The first-order valence-electron chi connectivity index (χ1n) is 11.4. The van der Waals surface area contributed by atoms with Gasteiger partial charge in [0.15, 0.2) is 0 Å². The van der Waals surface area contributed by atoms with Crippen molar-refractivity contribution in [2.45, 2.75) is 46.0 Å². The van der Waals surface area contributed by atoms with Gasteiger partial charge in [0.1, 0.15) is 0 Å². The lowest BCUT2D eigenvalue weighted by atomic mass is 9.90. The lowest BCUT2D eigenvalue weighted by Crippen LogP contribution is -2.43. The minimum Gasteiger partial charge on any atom is -0.342 e. The van der Waals surface area contributed by atoms with Gasteiger partial charge >= 0.3 is 0 Å². The third kappa shape index (κ3) is 4.35. The molecule has 1 aromatic carbocycles. The molecule has 1 saturated heterocycles. The number of fused-ring (bicyclic) bond motifs is 2. The normalized spacial score (nSPS) is 27.4. The maximum absolute atomic E-state index is 13.1. The van der Waals surface area contributed by atoms with Crippen LogP contribution in [0.25, 0.3) is 0 Å². The number of carbonyl (C=O) groups is 1. The van der Waals surface area contributed by atoms with Crippen molar-refractivity contribution in [3.8, 4) is 0 Å². The summed E-state index contributed by atoms with van der Waals surface area (Å²) in [6.07, 6.45) is 10.5. The molecule has 0 spiro atoms. The predicted octanol–water partition coefficient (Wildman–Crippen LogP) is 4.31. The van der Waals surface area contributed by atoms with E-state index in [1.807, 2.05) is 0 Å². The monoisotopic (exact) mass is 380 g/mol. The summed E-state index contributed by atoms with van der Waals surface area (Å²) in [4.78, 5) is 17.9. The van der Waals surface area contributed by atoms with Crippen LogP contribution in [0.4, 0.5) is 0 Å². The number of aryl methyl sites for hydroxylation is 1. The van der Waals surface area contributed by atoms with Gasteiger partial charge < -0.3 is 9.80 Å². The van der Waals surface area contributed by atoms with E-state index in [2.05, 4.69) is 60.1 Å². The van der Waals surface area contributed by atoms with Gasteiger partial charge in [-0.1, -0.05) is 36.4 Å². The number of benzene rings is 1. The Bertz CT molecular complexity index is 704. The van der Waals surface area contributed by atoms with Crippen LogP contribution in [0.15, 0.2) is 36.4 Å². The first kappa shape index (κ1) is 19.7. The maximum Gasteiger partial charge on any atom is 0.226 e. The SMILES string of the molecule is CCN(CC1CCN(CCc2ccccc2C)CC1)C(=O)[C@H]1C[C@@H]2C=C[C@H]1C2. The summed E-state index contributed by atoms with van der Waals surface area (Å²) < 4.78 is 0. The number of piperidine rings is 1. The van der Waals surface area contributed by atoms with Crippen molar-refractivity contribution in [1.29, 1.82) is 0 Å². The Hall–Kier alpha value is -1.61. The highest BCUT2D eigenvalue weighted by molar-refractivity contribution is 5.80.